The lowest BCUT2D eigenvalue weighted by Gasteiger charge is -2.12. The number of nitrogens with one attached hydrogen (secondary N) is 2. The van der Waals surface area contributed by atoms with Gasteiger partial charge in [0.1, 0.15) is 5.75 Å². The third-order valence-electron chi connectivity index (χ3n) is 3.07. The van der Waals surface area contributed by atoms with Gasteiger partial charge in [-0.15, -0.1) is 12.4 Å². The molecule has 2 rings (SSSR count). The molecule has 6 heteroatoms. The van der Waals surface area contributed by atoms with E-state index in [0.29, 0.717) is 19.5 Å². The Hall–Kier alpha value is -1.30. The lowest BCUT2D eigenvalue weighted by Crippen LogP contribution is -2.40. The molecule has 1 amide bonds. The van der Waals surface area contributed by atoms with Gasteiger partial charge in [-0.3, -0.25) is 4.79 Å². The van der Waals surface area contributed by atoms with E-state index in [1.165, 1.54) is 0 Å². The smallest absolute Gasteiger partial charge is 0.237 e. The predicted octanol–water partition coefficient (Wildman–Crippen LogP) is 0.456. The van der Waals surface area contributed by atoms with E-state index in [4.69, 9.17) is 4.74 Å². The molecule has 2 unspecified atom stereocenters. The molecule has 0 radical (unpaired) electrons. The number of halogens is 1. The second-order valence-corrected chi connectivity index (χ2v) is 4.38. The molecule has 1 heterocycles. The second-order valence-electron chi connectivity index (χ2n) is 4.38. The van der Waals surface area contributed by atoms with Gasteiger partial charge in [0.2, 0.25) is 5.91 Å². The number of aliphatic hydroxyl groups is 1. The number of hydrogen-bond donors (Lipinski definition) is 3. The molecule has 0 saturated carbocycles. The van der Waals surface area contributed by atoms with Gasteiger partial charge in [-0.25, -0.2) is 0 Å². The summed E-state index contributed by atoms with van der Waals surface area (Å²) in [5, 5.41) is 15.2. The van der Waals surface area contributed by atoms with Gasteiger partial charge >= 0.3 is 0 Å². The van der Waals surface area contributed by atoms with Gasteiger partial charge in [-0.05, 0) is 12.5 Å². The zero-order valence-electron chi connectivity index (χ0n) is 10.8. The van der Waals surface area contributed by atoms with Crippen LogP contribution in [0.3, 0.4) is 0 Å². The van der Waals surface area contributed by atoms with Crippen molar-refractivity contribution in [1.82, 2.24) is 10.6 Å². The fourth-order valence-electron chi connectivity index (χ4n) is 2.07. The van der Waals surface area contributed by atoms with Crippen molar-refractivity contribution in [1.29, 1.82) is 0 Å². The Bertz CT molecular complexity index is 428. The molecule has 1 aliphatic rings. The van der Waals surface area contributed by atoms with Gasteiger partial charge in [0.05, 0.1) is 19.3 Å². The second kappa shape index (κ2) is 7.33. The van der Waals surface area contributed by atoms with Crippen LogP contribution >= 0.6 is 12.4 Å². The van der Waals surface area contributed by atoms with Crippen LogP contribution < -0.4 is 15.4 Å². The number of para-hydroxylation sites is 1. The van der Waals surface area contributed by atoms with Crippen LogP contribution in [0.15, 0.2) is 24.3 Å². The molecule has 1 saturated heterocycles. The van der Waals surface area contributed by atoms with Gasteiger partial charge in [0.25, 0.3) is 0 Å². The van der Waals surface area contributed by atoms with E-state index in [9.17, 15) is 9.90 Å². The zero-order valence-corrected chi connectivity index (χ0v) is 11.6. The number of β-amino-alcohol motifs (C(OH)–C–C–N with tert-alkyl or cyclic N) is 1. The number of carbonyl (C=O) groups is 1. The Morgan fingerprint density at radius 3 is 2.89 bits per heavy atom. The lowest BCUT2D eigenvalue weighted by atomic mass is 10.1. The molecule has 1 aromatic carbocycles. The van der Waals surface area contributed by atoms with E-state index in [1.807, 2.05) is 24.3 Å². The summed E-state index contributed by atoms with van der Waals surface area (Å²) in [6.45, 7) is 0.907. The first kappa shape index (κ1) is 15.8. The molecule has 0 aromatic heterocycles. The highest BCUT2D eigenvalue weighted by molar-refractivity contribution is 5.85. The normalized spacial score (nSPS) is 21.6. The van der Waals surface area contributed by atoms with Gasteiger partial charge in [-0.1, -0.05) is 18.2 Å². The van der Waals surface area contributed by atoms with Crippen LogP contribution in [0.25, 0.3) is 0 Å². The number of benzene rings is 1. The van der Waals surface area contributed by atoms with Crippen molar-refractivity contribution < 1.29 is 14.6 Å². The van der Waals surface area contributed by atoms with Gasteiger partial charge in [-0.2, -0.15) is 0 Å². The first-order valence-corrected chi connectivity index (χ1v) is 6.01. The highest BCUT2D eigenvalue weighted by Gasteiger charge is 2.27. The van der Waals surface area contributed by atoms with Crippen LogP contribution in [-0.4, -0.2) is 36.8 Å². The van der Waals surface area contributed by atoms with Crippen molar-refractivity contribution >= 4 is 18.3 Å². The van der Waals surface area contributed by atoms with E-state index in [2.05, 4.69) is 10.6 Å². The Balaban J connectivity index is 0.00000180. The van der Waals surface area contributed by atoms with Gasteiger partial charge in [0.15, 0.2) is 0 Å². The van der Waals surface area contributed by atoms with E-state index in [-0.39, 0.29) is 24.4 Å². The summed E-state index contributed by atoms with van der Waals surface area (Å²) in [7, 11) is 1.61. The molecular weight excluding hydrogens is 268 g/mol. The number of rotatable bonds is 4. The van der Waals surface area contributed by atoms with Crippen molar-refractivity contribution in [2.75, 3.05) is 13.7 Å². The Morgan fingerprint density at radius 2 is 2.26 bits per heavy atom. The molecule has 5 nitrogen and oxygen atoms in total. The number of aliphatic hydroxyl groups excluding tert-OH is 1. The highest BCUT2D eigenvalue weighted by Crippen LogP contribution is 2.17. The Labute approximate surface area is 118 Å². The average Bonchev–Trinajstić information content (AvgIpc) is 2.83. The van der Waals surface area contributed by atoms with E-state index < -0.39 is 6.10 Å². The summed E-state index contributed by atoms with van der Waals surface area (Å²) < 4.78 is 5.21. The molecule has 1 fully saturated rings. The fourth-order valence-corrected chi connectivity index (χ4v) is 2.07. The van der Waals surface area contributed by atoms with Crippen molar-refractivity contribution in [2.45, 2.75) is 25.1 Å². The summed E-state index contributed by atoms with van der Waals surface area (Å²) in [6, 6.07) is 7.27. The largest absolute Gasteiger partial charge is 0.496 e. The SMILES string of the molecule is COc1ccccc1CNC(=O)C1CC(O)CN1.Cl. The molecule has 2 atom stereocenters. The molecule has 0 bridgehead atoms. The summed E-state index contributed by atoms with van der Waals surface area (Å²) in [4.78, 5) is 11.8. The lowest BCUT2D eigenvalue weighted by molar-refractivity contribution is -0.123. The minimum Gasteiger partial charge on any atom is -0.496 e. The quantitative estimate of drug-likeness (QED) is 0.752. The third kappa shape index (κ3) is 4.09. The molecule has 0 spiro atoms. The van der Waals surface area contributed by atoms with Gasteiger partial charge in [0, 0.05) is 18.7 Å². The van der Waals surface area contributed by atoms with Crippen molar-refractivity contribution in [3.05, 3.63) is 29.8 Å². The minimum atomic E-state index is -0.424. The molecule has 106 valence electrons. The van der Waals surface area contributed by atoms with E-state index >= 15 is 0 Å². The maximum absolute atomic E-state index is 11.8. The third-order valence-corrected chi connectivity index (χ3v) is 3.07. The summed E-state index contributed by atoms with van der Waals surface area (Å²) in [6.07, 6.45) is 0.0459. The summed E-state index contributed by atoms with van der Waals surface area (Å²) in [5.41, 5.74) is 0.937. The van der Waals surface area contributed by atoms with Crippen LogP contribution in [0.2, 0.25) is 0 Å². The Kier molecular flexibility index (Phi) is 6.08. The van der Waals surface area contributed by atoms with Crippen LogP contribution in [0.4, 0.5) is 0 Å². The van der Waals surface area contributed by atoms with Crippen molar-refractivity contribution in [3.8, 4) is 5.75 Å². The maximum atomic E-state index is 11.8. The number of methoxy groups -OCH3 is 1. The van der Waals surface area contributed by atoms with Crippen molar-refractivity contribution in [3.63, 3.8) is 0 Å². The standard InChI is InChI=1S/C13H18N2O3.ClH/c1-18-12-5-3-2-4-9(12)7-15-13(17)11-6-10(16)8-14-11;/h2-5,10-11,14,16H,6-8H2,1H3,(H,15,17);1H. The zero-order chi connectivity index (χ0) is 13.0. The van der Waals surface area contributed by atoms with Crippen LogP contribution in [-0.2, 0) is 11.3 Å². The first-order chi connectivity index (χ1) is 8.70. The first-order valence-electron chi connectivity index (χ1n) is 6.01. The number of hydrogen-bond acceptors (Lipinski definition) is 4. The Morgan fingerprint density at radius 1 is 1.53 bits per heavy atom. The number of ether oxygens (including phenoxy) is 1. The molecule has 3 N–H and O–H groups in total. The molecule has 1 aliphatic heterocycles. The monoisotopic (exact) mass is 286 g/mol. The molecule has 19 heavy (non-hydrogen) atoms. The topological polar surface area (TPSA) is 70.6 Å². The number of amides is 1. The van der Waals surface area contributed by atoms with Crippen LogP contribution in [0, 0.1) is 0 Å². The van der Waals surface area contributed by atoms with Crippen LogP contribution in [0.5, 0.6) is 5.75 Å². The summed E-state index contributed by atoms with van der Waals surface area (Å²) in [5.74, 6) is 0.676. The predicted molar refractivity (Wildman–Crippen MR) is 74.5 cm³/mol. The maximum Gasteiger partial charge on any atom is 0.237 e. The van der Waals surface area contributed by atoms with E-state index in [0.717, 1.165) is 11.3 Å². The molecular formula is C13H19ClN2O3. The molecule has 0 aliphatic carbocycles. The van der Waals surface area contributed by atoms with Crippen molar-refractivity contribution in [2.24, 2.45) is 0 Å². The van der Waals surface area contributed by atoms with Crippen LogP contribution in [0.1, 0.15) is 12.0 Å². The number of carbonyl (C=O) groups excluding carboxylic acids is 1. The minimum absolute atomic E-state index is 0. The summed E-state index contributed by atoms with van der Waals surface area (Å²) >= 11 is 0. The molecule has 1 aromatic rings. The highest BCUT2D eigenvalue weighted by atomic mass is 35.5. The fraction of sp³-hybridized carbons (Fsp3) is 0.462. The average molecular weight is 287 g/mol. The van der Waals surface area contributed by atoms with Gasteiger partial charge < -0.3 is 20.5 Å². The van der Waals surface area contributed by atoms with E-state index in [1.54, 1.807) is 7.11 Å².